The lowest BCUT2D eigenvalue weighted by Crippen LogP contribution is -2.44. The fourth-order valence-electron chi connectivity index (χ4n) is 1.95. The Kier molecular flexibility index (Phi) is 4.11. The van der Waals surface area contributed by atoms with Gasteiger partial charge in [-0.25, -0.2) is 4.72 Å². The first-order valence-corrected chi connectivity index (χ1v) is 6.73. The zero-order valence-electron chi connectivity index (χ0n) is 9.49. The van der Waals surface area contributed by atoms with Gasteiger partial charge in [-0.05, 0) is 24.8 Å². The summed E-state index contributed by atoms with van der Waals surface area (Å²) in [5.74, 6) is 0. The number of nitrogens with two attached hydrogens (primary N) is 1. The van der Waals surface area contributed by atoms with Gasteiger partial charge in [0.2, 0.25) is 0 Å². The van der Waals surface area contributed by atoms with Crippen molar-refractivity contribution in [3.8, 4) is 0 Å². The van der Waals surface area contributed by atoms with Crippen LogP contribution in [0.25, 0.3) is 0 Å². The predicted molar refractivity (Wildman–Crippen MR) is 60.6 cm³/mol. The molecule has 0 heterocycles. The van der Waals surface area contributed by atoms with Gasteiger partial charge in [0.25, 0.3) is 10.2 Å². The van der Waals surface area contributed by atoms with Crippen molar-refractivity contribution >= 4 is 10.2 Å². The van der Waals surface area contributed by atoms with Crippen molar-refractivity contribution in [2.24, 2.45) is 11.1 Å². The molecule has 0 saturated heterocycles. The average Bonchev–Trinajstić information content (AvgIpc) is 2.64. The third-order valence-corrected chi connectivity index (χ3v) is 4.68. The minimum absolute atomic E-state index is 0.0108. The number of nitrogens with zero attached hydrogens (tertiary/aromatic N) is 1. The molecule has 0 unspecified atom stereocenters. The van der Waals surface area contributed by atoms with Gasteiger partial charge >= 0.3 is 0 Å². The molecule has 0 amide bonds. The topological polar surface area (TPSA) is 75.4 Å². The molecule has 0 aliphatic heterocycles. The third kappa shape index (κ3) is 3.14. The zero-order chi connectivity index (χ0) is 11.5. The van der Waals surface area contributed by atoms with E-state index in [0.29, 0.717) is 13.1 Å². The highest BCUT2D eigenvalue weighted by Gasteiger charge is 2.33. The smallest absolute Gasteiger partial charge is 0.278 e. The molecule has 1 rings (SSSR count). The normalized spacial score (nSPS) is 21.1. The molecular weight excluding hydrogens is 214 g/mol. The van der Waals surface area contributed by atoms with Crippen LogP contribution in [0.3, 0.4) is 0 Å². The van der Waals surface area contributed by atoms with E-state index in [1.165, 1.54) is 18.4 Å². The molecule has 0 spiro atoms. The Morgan fingerprint density at radius 2 is 1.87 bits per heavy atom. The molecular formula is C9H21N3O2S. The Morgan fingerprint density at radius 3 is 2.27 bits per heavy atom. The van der Waals surface area contributed by atoms with Gasteiger partial charge in [-0.1, -0.05) is 12.8 Å². The minimum Gasteiger partial charge on any atom is -0.330 e. The Bertz CT molecular complexity index is 294. The van der Waals surface area contributed by atoms with Gasteiger partial charge in [-0.15, -0.1) is 0 Å². The molecule has 0 aromatic rings. The van der Waals surface area contributed by atoms with Crippen LogP contribution in [-0.2, 0) is 10.2 Å². The van der Waals surface area contributed by atoms with Gasteiger partial charge in [0, 0.05) is 20.6 Å². The van der Waals surface area contributed by atoms with E-state index in [2.05, 4.69) is 4.72 Å². The number of hydrogen-bond acceptors (Lipinski definition) is 3. The van der Waals surface area contributed by atoms with Crippen molar-refractivity contribution in [2.75, 3.05) is 27.2 Å². The standard InChI is InChI=1S/C9H21N3O2S/c1-12(2)15(13,14)11-8-9(7-10)5-3-4-6-9/h11H,3-8,10H2,1-2H3. The van der Waals surface area contributed by atoms with Gasteiger partial charge < -0.3 is 5.73 Å². The Morgan fingerprint density at radius 1 is 1.33 bits per heavy atom. The second kappa shape index (κ2) is 4.78. The molecule has 15 heavy (non-hydrogen) atoms. The van der Waals surface area contributed by atoms with Crippen LogP contribution in [-0.4, -0.2) is 39.9 Å². The summed E-state index contributed by atoms with van der Waals surface area (Å²) < 4.78 is 26.8. The minimum atomic E-state index is -3.31. The maximum absolute atomic E-state index is 11.5. The van der Waals surface area contributed by atoms with E-state index in [-0.39, 0.29) is 5.41 Å². The highest BCUT2D eigenvalue weighted by Crippen LogP contribution is 2.36. The SMILES string of the molecule is CN(C)S(=O)(=O)NCC1(CN)CCCC1. The van der Waals surface area contributed by atoms with Crippen molar-refractivity contribution in [1.82, 2.24) is 9.03 Å². The largest absolute Gasteiger partial charge is 0.330 e. The summed E-state index contributed by atoms with van der Waals surface area (Å²) in [6.45, 7) is 1.02. The molecule has 0 aromatic heterocycles. The predicted octanol–water partition coefficient (Wildman–Crippen LogP) is -0.0985. The summed E-state index contributed by atoms with van der Waals surface area (Å²) >= 11 is 0. The van der Waals surface area contributed by atoms with Crippen LogP contribution in [0.2, 0.25) is 0 Å². The van der Waals surface area contributed by atoms with E-state index in [1.807, 2.05) is 0 Å². The molecule has 0 aromatic carbocycles. The maximum Gasteiger partial charge on any atom is 0.278 e. The zero-order valence-corrected chi connectivity index (χ0v) is 10.3. The number of nitrogens with one attached hydrogen (secondary N) is 1. The third-order valence-electron chi connectivity index (χ3n) is 3.21. The van der Waals surface area contributed by atoms with Crippen molar-refractivity contribution in [3.05, 3.63) is 0 Å². The number of rotatable bonds is 5. The second-order valence-electron chi connectivity index (χ2n) is 4.52. The fraction of sp³-hybridized carbons (Fsp3) is 1.00. The summed E-state index contributed by atoms with van der Waals surface area (Å²) in [6, 6.07) is 0. The van der Waals surface area contributed by atoms with E-state index in [0.717, 1.165) is 25.7 Å². The van der Waals surface area contributed by atoms with E-state index < -0.39 is 10.2 Å². The van der Waals surface area contributed by atoms with E-state index in [9.17, 15) is 8.42 Å². The lowest BCUT2D eigenvalue weighted by molar-refractivity contribution is 0.306. The fourth-order valence-corrected chi connectivity index (χ4v) is 2.70. The van der Waals surface area contributed by atoms with Gasteiger partial charge in [-0.2, -0.15) is 12.7 Å². The summed E-state index contributed by atoms with van der Waals surface area (Å²) in [6.07, 6.45) is 4.36. The molecule has 1 fully saturated rings. The van der Waals surface area contributed by atoms with E-state index in [1.54, 1.807) is 0 Å². The molecule has 90 valence electrons. The lowest BCUT2D eigenvalue weighted by Gasteiger charge is -2.27. The average molecular weight is 235 g/mol. The van der Waals surface area contributed by atoms with Crippen molar-refractivity contribution < 1.29 is 8.42 Å². The molecule has 5 nitrogen and oxygen atoms in total. The van der Waals surface area contributed by atoms with Crippen LogP contribution < -0.4 is 10.5 Å². The molecule has 1 aliphatic carbocycles. The highest BCUT2D eigenvalue weighted by atomic mass is 32.2. The van der Waals surface area contributed by atoms with Gasteiger partial charge in [0.15, 0.2) is 0 Å². The first-order chi connectivity index (χ1) is 6.92. The van der Waals surface area contributed by atoms with Gasteiger partial charge in [0.05, 0.1) is 0 Å². The van der Waals surface area contributed by atoms with Crippen LogP contribution in [0.5, 0.6) is 0 Å². The van der Waals surface area contributed by atoms with Crippen LogP contribution in [0, 0.1) is 5.41 Å². The van der Waals surface area contributed by atoms with E-state index >= 15 is 0 Å². The molecule has 1 aliphatic rings. The molecule has 0 atom stereocenters. The molecule has 3 N–H and O–H groups in total. The summed E-state index contributed by atoms with van der Waals surface area (Å²) in [5.41, 5.74) is 5.71. The van der Waals surface area contributed by atoms with Crippen molar-refractivity contribution in [2.45, 2.75) is 25.7 Å². The molecule has 1 saturated carbocycles. The van der Waals surface area contributed by atoms with Gasteiger partial charge in [-0.3, -0.25) is 0 Å². The Balaban J connectivity index is 2.55. The summed E-state index contributed by atoms with van der Waals surface area (Å²) in [5, 5.41) is 0. The summed E-state index contributed by atoms with van der Waals surface area (Å²) in [7, 11) is -0.266. The maximum atomic E-state index is 11.5. The van der Waals surface area contributed by atoms with Crippen LogP contribution >= 0.6 is 0 Å². The highest BCUT2D eigenvalue weighted by molar-refractivity contribution is 7.87. The number of hydrogen-bond donors (Lipinski definition) is 2. The van der Waals surface area contributed by atoms with Crippen LogP contribution in [0.4, 0.5) is 0 Å². The lowest BCUT2D eigenvalue weighted by atomic mass is 9.87. The molecule has 0 radical (unpaired) electrons. The van der Waals surface area contributed by atoms with Crippen LogP contribution in [0.15, 0.2) is 0 Å². The van der Waals surface area contributed by atoms with Gasteiger partial charge in [0.1, 0.15) is 0 Å². The molecule has 0 bridgehead atoms. The Hall–Kier alpha value is -0.170. The Labute approximate surface area is 92.2 Å². The van der Waals surface area contributed by atoms with Crippen molar-refractivity contribution in [3.63, 3.8) is 0 Å². The van der Waals surface area contributed by atoms with Crippen LogP contribution in [0.1, 0.15) is 25.7 Å². The quantitative estimate of drug-likeness (QED) is 0.699. The first kappa shape index (κ1) is 12.9. The second-order valence-corrected chi connectivity index (χ2v) is 6.49. The van der Waals surface area contributed by atoms with Crippen molar-refractivity contribution in [1.29, 1.82) is 0 Å². The first-order valence-electron chi connectivity index (χ1n) is 5.29. The summed E-state index contributed by atoms with van der Waals surface area (Å²) in [4.78, 5) is 0. The monoisotopic (exact) mass is 235 g/mol. The van der Waals surface area contributed by atoms with E-state index in [4.69, 9.17) is 5.73 Å². The molecule has 6 heteroatoms.